The van der Waals surface area contributed by atoms with Gasteiger partial charge in [0.15, 0.2) is 0 Å². The van der Waals surface area contributed by atoms with Gasteiger partial charge in [0, 0.05) is 29.2 Å². The first kappa shape index (κ1) is 13.2. The van der Waals surface area contributed by atoms with Crippen LogP contribution in [0.4, 0.5) is 13.2 Å². The van der Waals surface area contributed by atoms with Crippen molar-refractivity contribution in [1.82, 2.24) is 4.57 Å². The van der Waals surface area contributed by atoms with Crippen molar-refractivity contribution in [2.45, 2.75) is 18.6 Å². The van der Waals surface area contributed by atoms with Crippen LogP contribution in [-0.2, 0) is 13.5 Å². The molecule has 1 aromatic heterocycles. The van der Waals surface area contributed by atoms with E-state index in [1.165, 1.54) is 0 Å². The summed E-state index contributed by atoms with van der Waals surface area (Å²) in [6.07, 6.45) is -2.95. The molecule has 0 fully saturated rings. The molecule has 0 radical (unpaired) electrons. The number of nitrogens with zero attached hydrogens (tertiary/aromatic N) is 1. The Morgan fingerprint density at radius 1 is 1.39 bits per heavy atom. The molecule has 2 rings (SSSR count). The zero-order valence-corrected chi connectivity index (χ0v) is 10.4. The second-order valence-electron chi connectivity index (χ2n) is 4.28. The van der Waals surface area contributed by atoms with E-state index in [-0.39, 0.29) is 6.42 Å². The van der Waals surface area contributed by atoms with E-state index in [1.807, 2.05) is 0 Å². The summed E-state index contributed by atoms with van der Waals surface area (Å²) in [6.45, 7) is 0. The number of fused-ring (bicyclic) bond motifs is 1. The maximum absolute atomic E-state index is 12.5. The highest BCUT2D eigenvalue weighted by molar-refractivity contribution is 6.31. The summed E-state index contributed by atoms with van der Waals surface area (Å²) in [7, 11) is 1.77. The van der Waals surface area contributed by atoms with Crippen molar-refractivity contribution in [2.24, 2.45) is 12.8 Å². The number of aromatic nitrogens is 1. The highest BCUT2D eigenvalue weighted by Crippen LogP contribution is 2.28. The highest BCUT2D eigenvalue weighted by Gasteiger charge is 2.36. The second-order valence-corrected chi connectivity index (χ2v) is 4.72. The van der Waals surface area contributed by atoms with Gasteiger partial charge in [-0.05, 0) is 24.1 Å². The molecule has 0 spiro atoms. The van der Waals surface area contributed by atoms with Crippen LogP contribution in [0.2, 0.25) is 5.02 Å². The van der Waals surface area contributed by atoms with Crippen molar-refractivity contribution in [3.05, 3.63) is 35.0 Å². The largest absolute Gasteiger partial charge is 0.403 e. The summed E-state index contributed by atoms with van der Waals surface area (Å²) in [4.78, 5) is 0. The standard InChI is InChI=1S/C12H12ClF3N2/c1-18-6-7(4-11(17)12(14,15)16)9-3-2-8(13)5-10(9)18/h2-3,5-6,11H,4,17H2,1H3. The zero-order valence-electron chi connectivity index (χ0n) is 9.63. The fourth-order valence-corrected chi connectivity index (χ4v) is 2.12. The number of aryl methyl sites for hydroxylation is 1. The molecule has 0 aliphatic heterocycles. The van der Waals surface area contributed by atoms with Crippen LogP contribution < -0.4 is 5.73 Å². The number of halogens is 4. The average Bonchev–Trinajstić information content (AvgIpc) is 2.54. The van der Waals surface area contributed by atoms with E-state index >= 15 is 0 Å². The van der Waals surface area contributed by atoms with Crippen LogP contribution in [0.25, 0.3) is 10.9 Å². The molecule has 0 aliphatic carbocycles. The van der Waals surface area contributed by atoms with E-state index in [4.69, 9.17) is 17.3 Å². The summed E-state index contributed by atoms with van der Waals surface area (Å²) in [5.41, 5.74) is 6.53. The Hall–Kier alpha value is -1.20. The Morgan fingerprint density at radius 2 is 2.06 bits per heavy atom. The summed E-state index contributed by atoms with van der Waals surface area (Å²) in [5.74, 6) is 0. The van der Waals surface area contributed by atoms with Crippen molar-refractivity contribution < 1.29 is 13.2 Å². The Bertz CT molecular complexity index is 574. The molecule has 0 aliphatic rings. The summed E-state index contributed by atoms with van der Waals surface area (Å²) in [6, 6.07) is 3.25. The minimum absolute atomic E-state index is 0.234. The smallest absolute Gasteiger partial charge is 0.350 e. The van der Waals surface area contributed by atoms with Gasteiger partial charge in [0.2, 0.25) is 0 Å². The minimum Gasteiger partial charge on any atom is -0.350 e. The second kappa shape index (κ2) is 4.48. The third-order valence-corrected chi connectivity index (χ3v) is 3.13. The lowest BCUT2D eigenvalue weighted by Gasteiger charge is -2.14. The van der Waals surface area contributed by atoms with Gasteiger partial charge in [-0.25, -0.2) is 0 Å². The van der Waals surface area contributed by atoms with Crippen molar-refractivity contribution in [2.75, 3.05) is 0 Å². The molecule has 1 unspecified atom stereocenters. The van der Waals surface area contributed by atoms with E-state index in [0.29, 0.717) is 10.6 Å². The van der Waals surface area contributed by atoms with Crippen molar-refractivity contribution >= 4 is 22.5 Å². The molecule has 98 valence electrons. The number of hydrogen-bond acceptors (Lipinski definition) is 1. The summed E-state index contributed by atoms with van der Waals surface area (Å²) in [5, 5.41) is 1.30. The van der Waals surface area contributed by atoms with Gasteiger partial charge >= 0.3 is 6.18 Å². The number of benzene rings is 1. The van der Waals surface area contributed by atoms with E-state index in [1.54, 1.807) is 36.0 Å². The number of hydrogen-bond donors (Lipinski definition) is 1. The summed E-state index contributed by atoms with van der Waals surface area (Å²) < 4.78 is 39.1. The molecule has 2 N–H and O–H groups in total. The van der Waals surface area contributed by atoms with Crippen LogP contribution in [0.1, 0.15) is 5.56 Å². The van der Waals surface area contributed by atoms with Crippen molar-refractivity contribution in [3.63, 3.8) is 0 Å². The van der Waals surface area contributed by atoms with Gasteiger partial charge in [0.05, 0.1) is 0 Å². The Labute approximate surface area is 107 Å². The van der Waals surface area contributed by atoms with Crippen LogP contribution in [0.5, 0.6) is 0 Å². The molecule has 0 bridgehead atoms. The van der Waals surface area contributed by atoms with Gasteiger partial charge in [-0.2, -0.15) is 13.2 Å². The fourth-order valence-electron chi connectivity index (χ4n) is 1.96. The van der Waals surface area contributed by atoms with Gasteiger partial charge in [-0.1, -0.05) is 17.7 Å². The zero-order chi connectivity index (χ0) is 13.5. The molecule has 1 heterocycles. The fraction of sp³-hybridized carbons (Fsp3) is 0.333. The summed E-state index contributed by atoms with van der Waals surface area (Å²) >= 11 is 5.86. The SMILES string of the molecule is Cn1cc(CC(N)C(F)(F)F)c2ccc(Cl)cc21. The normalized spacial score (nSPS) is 14.1. The lowest BCUT2D eigenvalue weighted by atomic mass is 10.1. The lowest BCUT2D eigenvalue weighted by molar-refractivity contribution is -0.147. The minimum atomic E-state index is -4.38. The molecule has 0 saturated carbocycles. The van der Waals surface area contributed by atoms with Crippen LogP contribution in [0, 0.1) is 0 Å². The number of alkyl halides is 3. The monoisotopic (exact) mass is 276 g/mol. The first-order valence-corrected chi connectivity index (χ1v) is 5.72. The van der Waals surface area contributed by atoms with Gasteiger partial charge in [-0.15, -0.1) is 0 Å². The van der Waals surface area contributed by atoms with E-state index in [2.05, 4.69) is 0 Å². The van der Waals surface area contributed by atoms with Crippen LogP contribution >= 0.6 is 11.6 Å². The van der Waals surface area contributed by atoms with Crippen molar-refractivity contribution in [1.29, 1.82) is 0 Å². The van der Waals surface area contributed by atoms with Crippen LogP contribution in [-0.4, -0.2) is 16.8 Å². The van der Waals surface area contributed by atoms with Crippen molar-refractivity contribution in [3.8, 4) is 0 Å². The third kappa shape index (κ3) is 2.47. The van der Waals surface area contributed by atoms with Gasteiger partial charge < -0.3 is 10.3 Å². The Morgan fingerprint density at radius 3 is 2.67 bits per heavy atom. The van der Waals surface area contributed by atoms with Gasteiger partial charge in [0.1, 0.15) is 6.04 Å². The molecule has 2 aromatic rings. The third-order valence-electron chi connectivity index (χ3n) is 2.90. The van der Waals surface area contributed by atoms with E-state index in [9.17, 15) is 13.2 Å². The first-order chi connectivity index (χ1) is 8.29. The van der Waals surface area contributed by atoms with Gasteiger partial charge in [-0.3, -0.25) is 0 Å². The molecular formula is C12H12ClF3N2. The Kier molecular flexibility index (Phi) is 3.29. The topological polar surface area (TPSA) is 30.9 Å². The Balaban J connectivity index is 2.41. The number of rotatable bonds is 2. The molecule has 6 heteroatoms. The molecule has 0 amide bonds. The predicted octanol–water partition coefficient (Wildman–Crippen LogP) is 3.26. The predicted molar refractivity (Wildman–Crippen MR) is 65.7 cm³/mol. The molecule has 2 nitrogen and oxygen atoms in total. The first-order valence-electron chi connectivity index (χ1n) is 5.35. The number of nitrogens with two attached hydrogens (primary N) is 1. The van der Waals surface area contributed by atoms with Gasteiger partial charge in [0.25, 0.3) is 0 Å². The average molecular weight is 277 g/mol. The molecule has 18 heavy (non-hydrogen) atoms. The maximum Gasteiger partial charge on any atom is 0.403 e. The molecule has 1 atom stereocenters. The van der Waals surface area contributed by atoms with E-state index in [0.717, 1.165) is 10.9 Å². The maximum atomic E-state index is 12.5. The van der Waals surface area contributed by atoms with E-state index < -0.39 is 12.2 Å². The lowest BCUT2D eigenvalue weighted by Crippen LogP contribution is -2.39. The molecule has 0 saturated heterocycles. The quantitative estimate of drug-likeness (QED) is 0.897. The highest BCUT2D eigenvalue weighted by atomic mass is 35.5. The van der Waals surface area contributed by atoms with Crippen LogP contribution in [0.3, 0.4) is 0 Å². The molecular weight excluding hydrogens is 265 g/mol. The molecule has 1 aromatic carbocycles. The van der Waals surface area contributed by atoms with Crippen LogP contribution in [0.15, 0.2) is 24.4 Å².